The van der Waals surface area contributed by atoms with Crippen molar-refractivity contribution in [1.82, 2.24) is 9.88 Å². The number of hydrogen-bond acceptors (Lipinski definition) is 2. The summed E-state index contributed by atoms with van der Waals surface area (Å²) in [4.78, 5) is 6.82. The number of piperidine rings is 1. The zero-order valence-electron chi connectivity index (χ0n) is 14.7. The second-order valence-electron chi connectivity index (χ2n) is 8.72. The largest absolute Gasteiger partial charge is 0.299 e. The molecule has 0 amide bonds. The maximum Gasteiger partial charge on any atom is 0.0312 e. The van der Waals surface area contributed by atoms with E-state index >= 15 is 0 Å². The van der Waals surface area contributed by atoms with Crippen LogP contribution in [0.5, 0.6) is 0 Å². The number of likely N-dealkylation sites (tertiary alicyclic amines) is 1. The van der Waals surface area contributed by atoms with Crippen LogP contribution in [0.2, 0.25) is 0 Å². The van der Waals surface area contributed by atoms with Crippen LogP contribution in [0.1, 0.15) is 59.9 Å². The molecule has 0 aliphatic carbocycles. The van der Waals surface area contributed by atoms with Gasteiger partial charge in [0.25, 0.3) is 0 Å². The maximum atomic E-state index is 4.23. The summed E-state index contributed by atoms with van der Waals surface area (Å²) in [5.41, 5.74) is 2.46. The highest BCUT2D eigenvalue weighted by Gasteiger charge is 2.51. The molecule has 0 unspecified atom stereocenters. The van der Waals surface area contributed by atoms with Crippen LogP contribution < -0.4 is 0 Å². The third-order valence-electron chi connectivity index (χ3n) is 5.71. The smallest absolute Gasteiger partial charge is 0.0312 e. The first kappa shape index (κ1) is 16.5. The van der Waals surface area contributed by atoms with Crippen LogP contribution in [0, 0.1) is 16.2 Å². The number of rotatable bonds is 2. The Bertz CT molecular complexity index is 427. The first-order valence-electron chi connectivity index (χ1n) is 8.27. The molecule has 1 aliphatic heterocycles. The van der Waals surface area contributed by atoms with Crippen molar-refractivity contribution in [3.8, 4) is 0 Å². The molecule has 21 heavy (non-hydrogen) atoms. The van der Waals surface area contributed by atoms with E-state index in [0.717, 1.165) is 6.54 Å². The van der Waals surface area contributed by atoms with Crippen LogP contribution in [0.3, 0.4) is 0 Å². The molecule has 0 radical (unpaired) electrons. The summed E-state index contributed by atoms with van der Waals surface area (Å²) in [5.74, 6) is 0. The third kappa shape index (κ3) is 3.31. The van der Waals surface area contributed by atoms with Gasteiger partial charge in [0.05, 0.1) is 0 Å². The molecule has 1 aliphatic rings. The number of hydrogen-bond donors (Lipinski definition) is 0. The molecule has 2 heterocycles. The molecule has 0 N–H and O–H groups in total. The standard InChI is InChI=1S/C19H32N2/c1-17(2,3)19(18(4,5)6)9-12-21(13-10-19)15-16-8-7-11-20-14-16/h7-8,11,14H,9-10,12-13,15H2,1-6H3. The Hall–Kier alpha value is -0.890. The van der Waals surface area contributed by atoms with Gasteiger partial charge in [-0.2, -0.15) is 0 Å². The second kappa shape index (κ2) is 5.72. The lowest BCUT2D eigenvalue weighted by atomic mass is 9.50. The zero-order chi connectivity index (χ0) is 15.7. The topological polar surface area (TPSA) is 16.1 Å². The summed E-state index contributed by atoms with van der Waals surface area (Å²) in [6.07, 6.45) is 6.43. The molecule has 1 aromatic heterocycles. The molecule has 1 fully saturated rings. The molecular formula is C19H32N2. The van der Waals surface area contributed by atoms with E-state index in [1.54, 1.807) is 0 Å². The van der Waals surface area contributed by atoms with Crippen LogP contribution in [0.25, 0.3) is 0 Å². The highest BCUT2D eigenvalue weighted by molar-refractivity contribution is 5.09. The van der Waals surface area contributed by atoms with Crippen molar-refractivity contribution in [1.29, 1.82) is 0 Å². The minimum absolute atomic E-state index is 0.353. The molecule has 2 rings (SSSR count). The van der Waals surface area contributed by atoms with Gasteiger partial charge < -0.3 is 0 Å². The Balaban J connectivity index is 2.07. The van der Waals surface area contributed by atoms with E-state index in [4.69, 9.17) is 0 Å². The van der Waals surface area contributed by atoms with Crippen LogP contribution in [-0.4, -0.2) is 23.0 Å². The Morgan fingerprint density at radius 2 is 1.62 bits per heavy atom. The van der Waals surface area contributed by atoms with Crippen molar-refractivity contribution in [3.05, 3.63) is 30.1 Å². The predicted molar refractivity (Wildman–Crippen MR) is 90.1 cm³/mol. The van der Waals surface area contributed by atoms with E-state index in [2.05, 4.69) is 57.5 Å². The Labute approximate surface area is 131 Å². The van der Waals surface area contributed by atoms with Gasteiger partial charge in [-0.3, -0.25) is 9.88 Å². The summed E-state index contributed by atoms with van der Waals surface area (Å²) in [7, 11) is 0. The summed E-state index contributed by atoms with van der Waals surface area (Å²) in [5, 5.41) is 0. The first-order valence-corrected chi connectivity index (χ1v) is 8.27. The lowest BCUT2D eigenvalue weighted by Gasteiger charge is -2.57. The van der Waals surface area contributed by atoms with Gasteiger partial charge in [0, 0.05) is 18.9 Å². The van der Waals surface area contributed by atoms with Crippen LogP contribution in [0.4, 0.5) is 0 Å². The van der Waals surface area contributed by atoms with Crippen LogP contribution >= 0.6 is 0 Å². The summed E-state index contributed by atoms with van der Waals surface area (Å²) in [6.45, 7) is 18.0. The zero-order valence-corrected chi connectivity index (χ0v) is 14.7. The van der Waals surface area contributed by atoms with E-state index in [-0.39, 0.29) is 0 Å². The molecule has 2 heteroatoms. The van der Waals surface area contributed by atoms with Gasteiger partial charge in [-0.05, 0) is 53.8 Å². The molecule has 1 aromatic rings. The van der Waals surface area contributed by atoms with Gasteiger partial charge in [-0.15, -0.1) is 0 Å². The van der Waals surface area contributed by atoms with E-state index in [1.807, 2.05) is 18.5 Å². The van der Waals surface area contributed by atoms with Crippen molar-refractivity contribution >= 4 is 0 Å². The summed E-state index contributed by atoms with van der Waals surface area (Å²) < 4.78 is 0. The van der Waals surface area contributed by atoms with E-state index < -0.39 is 0 Å². The van der Waals surface area contributed by atoms with Gasteiger partial charge in [0.2, 0.25) is 0 Å². The Kier molecular flexibility index (Phi) is 4.49. The molecule has 0 aromatic carbocycles. The number of aromatic nitrogens is 1. The van der Waals surface area contributed by atoms with Gasteiger partial charge in [0.1, 0.15) is 0 Å². The normalized spacial score (nSPS) is 20.5. The van der Waals surface area contributed by atoms with E-state index in [9.17, 15) is 0 Å². The fraction of sp³-hybridized carbons (Fsp3) is 0.737. The molecule has 118 valence electrons. The highest BCUT2D eigenvalue weighted by Crippen LogP contribution is 2.57. The van der Waals surface area contributed by atoms with E-state index in [0.29, 0.717) is 16.2 Å². The molecule has 0 bridgehead atoms. The SMILES string of the molecule is CC(C)(C)C1(C(C)(C)C)CCN(Cc2cccnc2)CC1. The third-order valence-corrected chi connectivity index (χ3v) is 5.71. The van der Waals surface area contributed by atoms with Crippen molar-refractivity contribution in [3.63, 3.8) is 0 Å². The Morgan fingerprint density at radius 1 is 1.05 bits per heavy atom. The fourth-order valence-corrected chi connectivity index (χ4v) is 4.47. The summed E-state index contributed by atoms with van der Waals surface area (Å²) in [6, 6.07) is 4.22. The minimum atomic E-state index is 0.353. The molecule has 1 saturated heterocycles. The summed E-state index contributed by atoms with van der Waals surface area (Å²) >= 11 is 0. The molecular weight excluding hydrogens is 256 g/mol. The highest BCUT2D eigenvalue weighted by atomic mass is 15.1. The average Bonchev–Trinajstić information content (AvgIpc) is 2.38. The fourth-order valence-electron chi connectivity index (χ4n) is 4.47. The monoisotopic (exact) mass is 288 g/mol. The van der Waals surface area contributed by atoms with Crippen LogP contribution in [0.15, 0.2) is 24.5 Å². The number of pyridine rings is 1. The molecule has 2 nitrogen and oxygen atoms in total. The molecule has 0 spiro atoms. The van der Waals surface area contributed by atoms with Gasteiger partial charge in [-0.25, -0.2) is 0 Å². The molecule has 0 saturated carbocycles. The van der Waals surface area contributed by atoms with Crippen LogP contribution in [-0.2, 0) is 6.54 Å². The quantitative estimate of drug-likeness (QED) is 0.780. The van der Waals surface area contributed by atoms with Gasteiger partial charge >= 0.3 is 0 Å². The predicted octanol–water partition coefficient (Wildman–Crippen LogP) is 4.76. The molecule has 0 atom stereocenters. The Morgan fingerprint density at radius 3 is 2.05 bits per heavy atom. The van der Waals surface area contributed by atoms with Crippen molar-refractivity contribution in [2.24, 2.45) is 16.2 Å². The van der Waals surface area contributed by atoms with Crippen molar-refractivity contribution in [2.75, 3.05) is 13.1 Å². The number of nitrogens with zero attached hydrogens (tertiary/aromatic N) is 2. The lowest BCUT2D eigenvalue weighted by Crippen LogP contribution is -2.53. The average molecular weight is 288 g/mol. The lowest BCUT2D eigenvalue weighted by molar-refractivity contribution is -0.0828. The van der Waals surface area contributed by atoms with Gasteiger partial charge in [0.15, 0.2) is 0 Å². The first-order chi connectivity index (χ1) is 9.66. The van der Waals surface area contributed by atoms with Gasteiger partial charge in [-0.1, -0.05) is 47.6 Å². The van der Waals surface area contributed by atoms with E-state index in [1.165, 1.54) is 31.5 Å². The second-order valence-corrected chi connectivity index (χ2v) is 8.72. The maximum absolute atomic E-state index is 4.23. The minimum Gasteiger partial charge on any atom is -0.299 e. The van der Waals surface area contributed by atoms with Crippen molar-refractivity contribution < 1.29 is 0 Å². The van der Waals surface area contributed by atoms with Crippen molar-refractivity contribution in [2.45, 2.75) is 60.9 Å².